The maximum atomic E-state index is 15.0. The molecule has 3 saturated heterocycles. The van der Waals surface area contributed by atoms with Gasteiger partial charge < -0.3 is 29.0 Å². The first-order valence-electron chi connectivity index (χ1n) is 23.0. The molecule has 0 radical (unpaired) electrons. The van der Waals surface area contributed by atoms with Crippen molar-refractivity contribution < 1.29 is 41.8 Å². The summed E-state index contributed by atoms with van der Waals surface area (Å²) in [5, 5.41) is 5.79. The lowest BCUT2D eigenvalue weighted by atomic mass is 9.84. The molecule has 7 atom stereocenters. The molecule has 1 aromatic carbocycles. The van der Waals surface area contributed by atoms with Gasteiger partial charge >= 0.3 is 12.1 Å². The average molecular weight is 923 g/mol. The summed E-state index contributed by atoms with van der Waals surface area (Å²) in [5.41, 5.74) is 5.27. The second-order valence-electron chi connectivity index (χ2n) is 19.9. The fourth-order valence-electron chi connectivity index (χ4n) is 10.2. The van der Waals surface area contributed by atoms with E-state index in [1.165, 1.54) is 21.3 Å². The Morgan fingerprint density at radius 3 is 2.69 bits per heavy atom. The quantitative estimate of drug-likeness (QED) is 0.261. The maximum Gasteiger partial charge on any atom is 0.406 e. The van der Waals surface area contributed by atoms with E-state index in [4.69, 9.17) is 24.2 Å². The average Bonchev–Trinajstić information content (AvgIpc) is 3.72. The molecule has 1 unspecified atom stereocenters. The van der Waals surface area contributed by atoms with Crippen molar-refractivity contribution in [1.29, 1.82) is 0 Å². The summed E-state index contributed by atoms with van der Waals surface area (Å²) in [6, 6.07) is 6.45. The van der Waals surface area contributed by atoms with E-state index in [0.29, 0.717) is 83.4 Å². The van der Waals surface area contributed by atoms with Crippen molar-refractivity contribution in [2.45, 2.75) is 109 Å². The highest BCUT2D eigenvalue weighted by molar-refractivity contribution is 8.14. The topological polar surface area (TPSA) is 143 Å². The number of aromatic nitrogens is 2. The van der Waals surface area contributed by atoms with E-state index in [2.05, 4.69) is 20.5 Å². The van der Waals surface area contributed by atoms with Crippen LogP contribution < -0.4 is 15.6 Å². The van der Waals surface area contributed by atoms with E-state index in [9.17, 15) is 14.4 Å². The van der Waals surface area contributed by atoms with Gasteiger partial charge in [-0.3, -0.25) is 29.5 Å². The molecular formula is C47H61F3N8O6S. The number of alkyl halides is 3. The smallest absolute Gasteiger partial charge is 0.406 e. The molecule has 9 rings (SSSR count). The lowest BCUT2D eigenvalue weighted by Gasteiger charge is -2.44. The number of cyclic esters (lactones) is 1. The number of piperazine rings is 1. The number of thioether (sulfide) groups is 1. The molecule has 2 N–H and O–H groups in total. The summed E-state index contributed by atoms with van der Waals surface area (Å²) in [5.74, 6) is -0.457. The number of fused-ring (bicyclic) bond motifs is 6. The third-order valence-corrected chi connectivity index (χ3v) is 15.3. The molecule has 4 fully saturated rings. The fraction of sp³-hybridized carbons (Fsp3) is 0.638. The van der Waals surface area contributed by atoms with Crippen molar-refractivity contribution in [2.75, 3.05) is 70.3 Å². The van der Waals surface area contributed by atoms with Gasteiger partial charge in [-0.05, 0) is 74.8 Å². The van der Waals surface area contributed by atoms with Crippen molar-refractivity contribution in [3.63, 3.8) is 0 Å². The first kappa shape index (κ1) is 45.9. The second-order valence-corrected chi connectivity index (χ2v) is 21.0. The molecule has 0 spiro atoms. The van der Waals surface area contributed by atoms with Crippen molar-refractivity contribution in [2.24, 2.45) is 22.2 Å². The highest BCUT2D eigenvalue weighted by Gasteiger charge is 2.45. The van der Waals surface area contributed by atoms with Crippen molar-refractivity contribution >= 4 is 51.2 Å². The molecule has 65 heavy (non-hydrogen) atoms. The summed E-state index contributed by atoms with van der Waals surface area (Å²) >= 11 is 1.51. The van der Waals surface area contributed by atoms with Gasteiger partial charge in [0.05, 0.1) is 66.3 Å². The normalized spacial score (nSPS) is 29.2. The molecule has 2 aromatic heterocycles. The molecule has 6 aliphatic rings. The van der Waals surface area contributed by atoms with Gasteiger partial charge in [-0.15, -0.1) is 11.8 Å². The van der Waals surface area contributed by atoms with Gasteiger partial charge in [-0.2, -0.15) is 13.2 Å². The van der Waals surface area contributed by atoms with Crippen molar-refractivity contribution in [3.05, 3.63) is 47.3 Å². The van der Waals surface area contributed by atoms with Crippen LogP contribution >= 0.6 is 11.8 Å². The zero-order valence-electron chi connectivity index (χ0n) is 38.1. The largest absolute Gasteiger partial charge is 0.464 e. The van der Waals surface area contributed by atoms with E-state index in [-0.39, 0.29) is 55.2 Å². The lowest BCUT2D eigenvalue weighted by Crippen LogP contribution is -2.65. The van der Waals surface area contributed by atoms with Gasteiger partial charge in [0.1, 0.15) is 18.1 Å². The number of nitrogens with zero attached hydrogens (tertiary/aromatic N) is 6. The van der Waals surface area contributed by atoms with Gasteiger partial charge in [0.2, 0.25) is 5.91 Å². The van der Waals surface area contributed by atoms with Crippen LogP contribution in [0.5, 0.6) is 0 Å². The molecule has 3 aromatic rings. The minimum absolute atomic E-state index is 0.0549. The molecule has 7 heterocycles. The van der Waals surface area contributed by atoms with Crippen LogP contribution in [0.1, 0.15) is 89.3 Å². The predicted molar refractivity (Wildman–Crippen MR) is 242 cm³/mol. The molecule has 5 aliphatic heterocycles. The van der Waals surface area contributed by atoms with Gasteiger partial charge in [-0.1, -0.05) is 26.8 Å². The van der Waals surface area contributed by atoms with Gasteiger partial charge in [0.15, 0.2) is 0 Å². The number of carbonyl (C=O) groups excluding carboxylic acids is 3. The second kappa shape index (κ2) is 17.8. The minimum Gasteiger partial charge on any atom is -0.464 e. The Bertz CT molecular complexity index is 2370. The number of nitrogens with one attached hydrogen (secondary N) is 2. The number of esters is 1. The standard InChI is InChI=1S/C47H61F3N8O6S/c1-27-16-32(27)42(59)53-36-19-39-52-37(24-65-39)29-8-9-38-33(17-29)35(20-45(3,4)26-64-44(61)46(5)10-7-11-58(54-46)43(36)60)41(57(38)25-47(48,49)50)34-18-30(21-51-40(34)28(2)62-6)56-13-12-55-14-15-63-23-31(55)22-56/h8-9,17-18,21,27-28,31-32,36-37,54H,7,10-16,19-20,22-26H2,1-6H3,(H,53,59)/t27-,28-,31-,32-,36-,37?,46+/m0/s1. The molecule has 2 amide bonds. The van der Waals surface area contributed by atoms with Gasteiger partial charge in [0, 0.05) is 79.8 Å². The summed E-state index contributed by atoms with van der Waals surface area (Å²) < 4.78 is 64.2. The molecule has 1 aliphatic carbocycles. The van der Waals surface area contributed by atoms with Gasteiger partial charge in [0.25, 0.3) is 5.91 Å². The summed E-state index contributed by atoms with van der Waals surface area (Å²) in [6.45, 7) is 12.9. The van der Waals surface area contributed by atoms with Crippen molar-refractivity contribution in [3.8, 4) is 11.3 Å². The van der Waals surface area contributed by atoms with E-state index < -0.39 is 41.8 Å². The molecular weight excluding hydrogens is 862 g/mol. The van der Waals surface area contributed by atoms with Crippen LogP contribution in [0.15, 0.2) is 35.5 Å². The number of benzene rings is 1. The van der Waals surface area contributed by atoms with E-state index in [1.807, 2.05) is 45.9 Å². The zero-order valence-corrected chi connectivity index (χ0v) is 38.9. The van der Waals surface area contributed by atoms with E-state index in [0.717, 1.165) is 37.3 Å². The van der Waals surface area contributed by atoms with Crippen LogP contribution in [-0.2, 0) is 41.6 Å². The summed E-state index contributed by atoms with van der Waals surface area (Å²) in [7, 11) is 1.57. The number of hydrogen-bond donors (Lipinski definition) is 2. The number of aliphatic imine (C=N–C) groups is 1. The molecule has 18 heteroatoms. The van der Waals surface area contributed by atoms with Crippen LogP contribution in [-0.4, -0.2) is 131 Å². The Hall–Kier alpha value is -4.23. The Morgan fingerprint density at radius 2 is 1.94 bits per heavy atom. The summed E-state index contributed by atoms with van der Waals surface area (Å²) in [4.78, 5) is 56.6. The molecule has 14 nitrogen and oxygen atoms in total. The first-order chi connectivity index (χ1) is 30.9. The van der Waals surface area contributed by atoms with Crippen LogP contribution in [0, 0.1) is 17.3 Å². The minimum atomic E-state index is -4.58. The highest BCUT2D eigenvalue weighted by atomic mass is 32.2. The van der Waals surface area contributed by atoms with E-state index in [1.54, 1.807) is 26.3 Å². The maximum absolute atomic E-state index is 15.0. The Labute approximate surface area is 382 Å². The number of amides is 2. The summed E-state index contributed by atoms with van der Waals surface area (Å²) in [6.07, 6.45) is -1.26. The van der Waals surface area contributed by atoms with Crippen LogP contribution in [0.3, 0.4) is 0 Å². The predicted octanol–water partition coefficient (Wildman–Crippen LogP) is 6.22. The third kappa shape index (κ3) is 9.52. The number of ether oxygens (including phenoxy) is 3. The Kier molecular flexibility index (Phi) is 12.6. The van der Waals surface area contributed by atoms with Gasteiger partial charge in [-0.25, -0.2) is 10.2 Å². The SMILES string of the molecule is CO[C@@H](C)c1ncc(N2CCN3CCOC[C@@H]3C2)cc1-c1c2c3cc(ccc3n1CC(F)(F)F)C1CSC(=N1)C[C@H](NC(=O)[C@H]1C[C@@H]1C)C(=O)N1CCC[C@@](C)(N1)C(=O)OCC(C)(C)C2. The molecule has 6 bridgehead atoms. The van der Waals surface area contributed by atoms with Crippen LogP contribution in [0.2, 0.25) is 0 Å². The monoisotopic (exact) mass is 922 g/mol. The number of morpholine rings is 1. The first-order valence-corrected chi connectivity index (χ1v) is 24.0. The number of anilines is 1. The molecule has 352 valence electrons. The number of hydrogen-bond acceptors (Lipinski definition) is 12. The number of methoxy groups -OCH3 is 1. The zero-order chi connectivity index (χ0) is 46.0. The Balaban J connectivity index is 1.19. The number of halogens is 3. The highest BCUT2D eigenvalue weighted by Crippen LogP contribution is 2.45. The number of rotatable bonds is 7. The van der Waals surface area contributed by atoms with E-state index >= 15 is 13.2 Å². The number of pyridine rings is 1. The van der Waals surface area contributed by atoms with Crippen LogP contribution in [0.4, 0.5) is 18.9 Å². The lowest BCUT2D eigenvalue weighted by molar-refractivity contribution is -0.162. The molecule has 1 saturated carbocycles. The number of hydrazine groups is 1. The number of carbonyl (C=O) groups is 3. The third-order valence-electron chi connectivity index (χ3n) is 14.2. The van der Waals surface area contributed by atoms with Crippen molar-refractivity contribution in [1.82, 2.24) is 30.2 Å². The van der Waals surface area contributed by atoms with Crippen LogP contribution in [0.25, 0.3) is 22.2 Å². The Morgan fingerprint density at radius 1 is 1.14 bits per heavy atom. The fourth-order valence-corrected chi connectivity index (χ4v) is 11.3.